The minimum atomic E-state index is -0.179. The van der Waals surface area contributed by atoms with Crippen LogP contribution in [-0.4, -0.2) is 23.1 Å². The third-order valence-corrected chi connectivity index (χ3v) is 3.16. The number of anilines is 1. The standard InChI is InChI=1S/C14H18N4O2/c1-8-5-13(15-4)12(7-16-8)14(19)17-6-11-9(2)18-20-10(11)3/h5,7H,6H2,1-4H3,(H,15,16)(H,17,19). The van der Waals surface area contributed by atoms with Crippen molar-refractivity contribution in [1.29, 1.82) is 0 Å². The maximum Gasteiger partial charge on any atom is 0.255 e. The highest BCUT2D eigenvalue weighted by molar-refractivity contribution is 5.99. The molecule has 2 heterocycles. The molecule has 0 radical (unpaired) electrons. The van der Waals surface area contributed by atoms with Gasteiger partial charge in [-0.05, 0) is 26.8 Å². The Morgan fingerprint density at radius 3 is 2.70 bits per heavy atom. The van der Waals surface area contributed by atoms with E-state index >= 15 is 0 Å². The van der Waals surface area contributed by atoms with E-state index < -0.39 is 0 Å². The summed E-state index contributed by atoms with van der Waals surface area (Å²) in [6.07, 6.45) is 1.57. The molecule has 2 rings (SSSR count). The average Bonchev–Trinajstić information content (AvgIpc) is 2.75. The zero-order valence-electron chi connectivity index (χ0n) is 12.1. The van der Waals surface area contributed by atoms with Gasteiger partial charge in [-0.15, -0.1) is 0 Å². The molecule has 0 aromatic carbocycles. The van der Waals surface area contributed by atoms with Crippen LogP contribution in [0.5, 0.6) is 0 Å². The maximum absolute atomic E-state index is 12.2. The number of nitrogens with one attached hydrogen (secondary N) is 2. The van der Waals surface area contributed by atoms with Crippen molar-refractivity contribution in [3.8, 4) is 0 Å². The van der Waals surface area contributed by atoms with Crippen LogP contribution in [0.25, 0.3) is 0 Å². The number of carbonyl (C=O) groups is 1. The van der Waals surface area contributed by atoms with E-state index in [1.54, 1.807) is 13.2 Å². The predicted octanol–water partition coefficient (Wildman–Crippen LogP) is 1.97. The molecule has 20 heavy (non-hydrogen) atoms. The Kier molecular flexibility index (Phi) is 4.02. The van der Waals surface area contributed by atoms with E-state index in [9.17, 15) is 4.79 Å². The van der Waals surface area contributed by atoms with Crippen LogP contribution in [0.2, 0.25) is 0 Å². The van der Waals surface area contributed by atoms with Gasteiger partial charge in [-0.3, -0.25) is 9.78 Å². The van der Waals surface area contributed by atoms with Gasteiger partial charge in [0, 0.05) is 31.0 Å². The highest BCUT2D eigenvalue weighted by Gasteiger charge is 2.14. The Hall–Kier alpha value is -2.37. The van der Waals surface area contributed by atoms with E-state index in [0.29, 0.717) is 12.1 Å². The zero-order valence-corrected chi connectivity index (χ0v) is 12.1. The lowest BCUT2D eigenvalue weighted by molar-refractivity contribution is 0.0951. The third-order valence-electron chi connectivity index (χ3n) is 3.16. The van der Waals surface area contributed by atoms with Gasteiger partial charge in [0.05, 0.1) is 16.9 Å². The number of rotatable bonds is 4. The first kappa shape index (κ1) is 14.0. The van der Waals surface area contributed by atoms with E-state index in [1.165, 1.54) is 0 Å². The van der Waals surface area contributed by atoms with Gasteiger partial charge in [0.15, 0.2) is 0 Å². The van der Waals surface area contributed by atoms with Crippen LogP contribution in [0.3, 0.4) is 0 Å². The second kappa shape index (κ2) is 5.73. The molecule has 1 amide bonds. The topological polar surface area (TPSA) is 80.0 Å². The lowest BCUT2D eigenvalue weighted by Gasteiger charge is -2.10. The van der Waals surface area contributed by atoms with Crippen molar-refractivity contribution < 1.29 is 9.32 Å². The lowest BCUT2D eigenvalue weighted by Crippen LogP contribution is -2.24. The molecule has 0 saturated carbocycles. The van der Waals surface area contributed by atoms with Crippen LogP contribution in [0.4, 0.5) is 5.69 Å². The fraction of sp³-hybridized carbons (Fsp3) is 0.357. The summed E-state index contributed by atoms with van der Waals surface area (Å²) in [4.78, 5) is 16.4. The Bertz CT molecular complexity index is 615. The van der Waals surface area contributed by atoms with E-state index in [-0.39, 0.29) is 5.91 Å². The first-order valence-corrected chi connectivity index (χ1v) is 6.37. The summed E-state index contributed by atoms with van der Waals surface area (Å²) < 4.78 is 5.07. The number of aromatic nitrogens is 2. The fourth-order valence-electron chi connectivity index (χ4n) is 1.97. The minimum Gasteiger partial charge on any atom is -0.387 e. The summed E-state index contributed by atoms with van der Waals surface area (Å²) in [6, 6.07) is 1.84. The quantitative estimate of drug-likeness (QED) is 0.891. The number of nitrogens with zero attached hydrogens (tertiary/aromatic N) is 2. The van der Waals surface area contributed by atoms with Crippen molar-refractivity contribution in [2.75, 3.05) is 12.4 Å². The second-order valence-corrected chi connectivity index (χ2v) is 4.61. The van der Waals surface area contributed by atoms with Crippen molar-refractivity contribution in [2.24, 2.45) is 0 Å². The first-order valence-electron chi connectivity index (χ1n) is 6.37. The average molecular weight is 274 g/mol. The molecule has 106 valence electrons. The minimum absolute atomic E-state index is 0.179. The molecule has 6 nitrogen and oxygen atoms in total. The van der Waals surface area contributed by atoms with E-state index in [4.69, 9.17) is 4.52 Å². The summed E-state index contributed by atoms with van der Waals surface area (Å²) in [5.74, 6) is 0.542. The number of aryl methyl sites for hydroxylation is 3. The number of hydrogen-bond donors (Lipinski definition) is 2. The van der Waals surface area contributed by atoms with Crippen molar-refractivity contribution >= 4 is 11.6 Å². The van der Waals surface area contributed by atoms with Gasteiger partial charge in [0.2, 0.25) is 0 Å². The zero-order chi connectivity index (χ0) is 14.7. The SMILES string of the molecule is CNc1cc(C)ncc1C(=O)NCc1c(C)noc1C. The van der Waals surface area contributed by atoms with Crippen LogP contribution in [0.15, 0.2) is 16.8 Å². The molecule has 0 saturated heterocycles. The van der Waals surface area contributed by atoms with E-state index in [1.807, 2.05) is 26.8 Å². The largest absolute Gasteiger partial charge is 0.387 e. The van der Waals surface area contributed by atoms with Crippen LogP contribution < -0.4 is 10.6 Å². The lowest BCUT2D eigenvalue weighted by atomic mass is 10.1. The van der Waals surface area contributed by atoms with E-state index in [0.717, 1.165) is 28.4 Å². The van der Waals surface area contributed by atoms with Gasteiger partial charge >= 0.3 is 0 Å². The van der Waals surface area contributed by atoms with Gasteiger partial charge in [-0.1, -0.05) is 5.16 Å². The maximum atomic E-state index is 12.2. The third kappa shape index (κ3) is 2.79. The van der Waals surface area contributed by atoms with Gasteiger partial charge in [-0.25, -0.2) is 0 Å². The summed E-state index contributed by atoms with van der Waals surface area (Å²) >= 11 is 0. The molecule has 2 aromatic heterocycles. The highest BCUT2D eigenvalue weighted by Crippen LogP contribution is 2.16. The molecule has 6 heteroatoms. The van der Waals surface area contributed by atoms with Crippen molar-refractivity contribution in [2.45, 2.75) is 27.3 Å². The molecule has 2 aromatic rings. The molecule has 0 aliphatic heterocycles. The Morgan fingerprint density at radius 1 is 1.35 bits per heavy atom. The molecule has 2 N–H and O–H groups in total. The predicted molar refractivity (Wildman–Crippen MR) is 75.7 cm³/mol. The van der Waals surface area contributed by atoms with Gasteiger partial charge in [-0.2, -0.15) is 0 Å². The smallest absolute Gasteiger partial charge is 0.255 e. The molecule has 0 fully saturated rings. The number of amides is 1. The summed E-state index contributed by atoms with van der Waals surface area (Å²) in [5.41, 5.74) is 3.83. The number of hydrogen-bond acceptors (Lipinski definition) is 5. The Balaban J connectivity index is 2.13. The second-order valence-electron chi connectivity index (χ2n) is 4.61. The molecule has 0 unspecified atom stereocenters. The molecule has 0 aliphatic carbocycles. The Labute approximate surface area is 117 Å². The highest BCUT2D eigenvalue weighted by atomic mass is 16.5. The van der Waals surface area contributed by atoms with Crippen molar-refractivity contribution in [3.05, 3.63) is 40.5 Å². The molecule has 0 atom stereocenters. The van der Waals surface area contributed by atoms with Crippen LogP contribution >= 0.6 is 0 Å². The van der Waals surface area contributed by atoms with Gasteiger partial charge in [0.25, 0.3) is 5.91 Å². The fourth-order valence-corrected chi connectivity index (χ4v) is 1.97. The molecular formula is C14H18N4O2. The van der Waals surface area contributed by atoms with Crippen molar-refractivity contribution in [3.63, 3.8) is 0 Å². The van der Waals surface area contributed by atoms with Crippen LogP contribution in [0.1, 0.15) is 33.1 Å². The summed E-state index contributed by atoms with van der Waals surface area (Å²) in [5, 5.41) is 9.72. The van der Waals surface area contributed by atoms with Crippen molar-refractivity contribution in [1.82, 2.24) is 15.5 Å². The molecule has 0 spiro atoms. The first-order chi connectivity index (χ1) is 9.52. The van der Waals surface area contributed by atoms with Crippen LogP contribution in [-0.2, 0) is 6.54 Å². The summed E-state index contributed by atoms with van der Waals surface area (Å²) in [7, 11) is 1.78. The van der Waals surface area contributed by atoms with E-state index in [2.05, 4.69) is 20.8 Å². The van der Waals surface area contributed by atoms with Gasteiger partial charge < -0.3 is 15.2 Å². The van der Waals surface area contributed by atoms with Gasteiger partial charge in [0.1, 0.15) is 5.76 Å². The van der Waals surface area contributed by atoms with Crippen LogP contribution in [0, 0.1) is 20.8 Å². The number of pyridine rings is 1. The molecule has 0 aliphatic rings. The Morgan fingerprint density at radius 2 is 2.10 bits per heavy atom. The normalized spacial score (nSPS) is 10.4. The monoisotopic (exact) mass is 274 g/mol. The molecular weight excluding hydrogens is 256 g/mol. The molecule has 0 bridgehead atoms. The number of carbonyl (C=O) groups excluding carboxylic acids is 1. The summed E-state index contributed by atoms with van der Waals surface area (Å²) in [6.45, 7) is 5.95.